The molecule has 0 unspecified atom stereocenters. The summed E-state index contributed by atoms with van der Waals surface area (Å²) in [7, 11) is -1.39. The van der Waals surface area contributed by atoms with E-state index in [1.54, 1.807) is 12.1 Å². The molecule has 0 atom stereocenters. The summed E-state index contributed by atoms with van der Waals surface area (Å²) in [5, 5.41) is 18.9. The van der Waals surface area contributed by atoms with E-state index >= 15 is 0 Å². The van der Waals surface area contributed by atoms with Crippen LogP contribution in [0.2, 0.25) is 0 Å². The molecular weight excluding hydrogens is 165 g/mol. The molecule has 0 aliphatic rings. The van der Waals surface area contributed by atoms with Crippen molar-refractivity contribution in [2.45, 2.75) is 6.92 Å². The zero-order chi connectivity index (χ0) is 9.42. The van der Waals surface area contributed by atoms with Gasteiger partial charge in [0.05, 0.1) is 0 Å². The minimum absolute atomic E-state index is 0.523. The van der Waals surface area contributed by atoms with Crippen LogP contribution in [0.15, 0.2) is 24.4 Å². The fourth-order valence-electron chi connectivity index (χ4n) is 1.44. The van der Waals surface area contributed by atoms with E-state index in [0.29, 0.717) is 5.46 Å². The number of hydrogen-bond donors (Lipinski definition) is 3. The van der Waals surface area contributed by atoms with Crippen LogP contribution in [0.4, 0.5) is 0 Å². The van der Waals surface area contributed by atoms with Gasteiger partial charge in [0.1, 0.15) is 0 Å². The normalized spacial score (nSPS) is 10.7. The molecule has 2 aromatic rings. The van der Waals surface area contributed by atoms with E-state index in [9.17, 15) is 0 Å². The highest BCUT2D eigenvalue weighted by atomic mass is 16.4. The molecule has 0 aliphatic carbocycles. The Kier molecular flexibility index (Phi) is 1.86. The Labute approximate surface area is 76.2 Å². The van der Waals surface area contributed by atoms with Crippen molar-refractivity contribution in [3.63, 3.8) is 0 Å². The fourth-order valence-corrected chi connectivity index (χ4v) is 1.44. The molecule has 2 rings (SSSR count). The minimum Gasteiger partial charge on any atom is -0.423 e. The molecule has 0 amide bonds. The van der Waals surface area contributed by atoms with E-state index < -0.39 is 7.12 Å². The van der Waals surface area contributed by atoms with Gasteiger partial charge in [0.25, 0.3) is 0 Å². The molecule has 0 bridgehead atoms. The average Bonchev–Trinajstić information content (AvgIpc) is 2.47. The summed E-state index contributed by atoms with van der Waals surface area (Å²) in [6, 6.07) is 5.33. The molecule has 3 N–H and O–H groups in total. The zero-order valence-corrected chi connectivity index (χ0v) is 7.28. The lowest BCUT2D eigenvalue weighted by atomic mass is 9.80. The molecule has 3 nitrogen and oxygen atoms in total. The number of aryl methyl sites for hydroxylation is 1. The van der Waals surface area contributed by atoms with E-state index in [4.69, 9.17) is 10.0 Å². The zero-order valence-electron chi connectivity index (χ0n) is 7.28. The molecule has 0 fully saturated rings. The predicted octanol–water partition coefficient (Wildman–Crippen LogP) is 0.156. The van der Waals surface area contributed by atoms with Crippen LogP contribution in [0.25, 0.3) is 10.9 Å². The Hall–Kier alpha value is -1.26. The summed E-state index contributed by atoms with van der Waals surface area (Å²) in [6.07, 6.45) is 1.90. The first-order valence-corrected chi connectivity index (χ1v) is 4.12. The maximum Gasteiger partial charge on any atom is 0.488 e. The molecule has 66 valence electrons. The number of fused-ring (bicyclic) bond motifs is 1. The van der Waals surface area contributed by atoms with Gasteiger partial charge in [-0.2, -0.15) is 0 Å². The third-order valence-corrected chi connectivity index (χ3v) is 2.21. The van der Waals surface area contributed by atoms with Crippen LogP contribution >= 0.6 is 0 Å². The van der Waals surface area contributed by atoms with Gasteiger partial charge in [-0.15, -0.1) is 0 Å². The Morgan fingerprint density at radius 2 is 2.08 bits per heavy atom. The van der Waals surface area contributed by atoms with Gasteiger partial charge in [0.15, 0.2) is 0 Å². The second kappa shape index (κ2) is 2.90. The van der Waals surface area contributed by atoms with Crippen molar-refractivity contribution in [3.05, 3.63) is 30.0 Å². The summed E-state index contributed by atoms with van der Waals surface area (Å²) >= 11 is 0. The highest BCUT2D eigenvalue weighted by molar-refractivity contribution is 6.58. The number of benzene rings is 1. The first-order valence-electron chi connectivity index (χ1n) is 4.12. The fraction of sp³-hybridized carbons (Fsp3) is 0.111. The third-order valence-electron chi connectivity index (χ3n) is 2.21. The van der Waals surface area contributed by atoms with Crippen LogP contribution in [0.1, 0.15) is 5.56 Å². The molecule has 4 heteroatoms. The van der Waals surface area contributed by atoms with Gasteiger partial charge in [-0.25, -0.2) is 0 Å². The van der Waals surface area contributed by atoms with Gasteiger partial charge in [-0.3, -0.25) is 0 Å². The Morgan fingerprint density at radius 3 is 2.77 bits per heavy atom. The maximum atomic E-state index is 8.96. The van der Waals surface area contributed by atoms with Crippen molar-refractivity contribution >= 4 is 23.5 Å². The summed E-state index contributed by atoms with van der Waals surface area (Å²) in [5.74, 6) is 0. The maximum absolute atomic E-state index is 8.96. The molecule has 13 heavy (non-hydrogen) atoms. The number of rotatable bonds is 1. The van der Waals surface area contributed by atoms with Crippen LogP contribution in [0, 0.1) is 6.92 Å². The largest absolute Gasteiger partial charge is 0.488 e. The van der Waals surface area contributed by atoms with Crippen LogP contribution in [-0.4, -0.2) is 22.2 Å². The van der Waals surface area contributed by atoms with Crippen molar-refractivity contribution in [1.29, 1.82) is 0 Å². The molecule has 0 aliphatic heterocycles. The molecule has 1 aromatic carbocycles. The van der Waals surface area contributed by atoms with Crippen molar-refractivity contribution in [3.8, 4) is 0 Å². The van der Waals surface area contributed by atoms with Gasteiger partial charge in [0, 0.05) is 17.1 Å². The third kappa shape index (κ3) is 1.34. The smallest absolute Gasteiger partial charge is 0.423 e. The number of nitrogens with one attached hydrogen (secondary N) is 1. The number of aromatic nitrogens is 1. The van der Waals surface area contributed by atoms with Crippen molar-refractivity contribution in [1.82, 2.24) is 4.98 Å². The topological polar surface area (TPSA) is 56.2 Å². The van der Waals surface area contributed by atoms with E-state index in [2.05, 4.69) is 4.98 Å². The Morgan fingerprint density at radius 1 is 1.31 bits per heavy atom. The van der Waals surface area contributed by atoms with Crippen LogP contribution < -0.4 is 5.46 Å². The second-order valence-electron chi connectivity index (χ2n) is 3.15. The number of hydrogen-bond acceptors (Lipinski definition) is 2. The monoisotopic (exact) mass is 175 g/mol. The molecule has 0 saturated heterocycles. The van der Waals surface area contributed by atoms with Gasteiger partial charge >= 0.3 is 7.12 Å². The highest BCUT2D eigenvalue weighted by Gasteiger charge is 2.11. The van der Waals surface area contributed by atoms with Crippen molar-refractivity contribution in [2.75, 3.05) is 0 Å². The Balaban J connectivity index is 2.66. The first kappa shape index (κ1) is 8.35. The van der Waals surface area contributed by atoms with Crippen LogP contribution in [0.3, 0.4) is 0 Å². The number of H-pyrrole nitrogens is 1. The standard InChI is InChI=1S/C9H10BNO2/c1-6-5-11-9-3-2-7(10(12)13)4-8(6)9/h2-5,11-13H,1H3. The van der Waals surface area contributed by atoms with E-state index in [0.717, 1.165) is 16.5 Å². The number of aromatic amines is 1. The van der Waals surface area contributed by atoms with Gasteiger partial charge < -0.3 is 15.0 Å². The average molecular weight is 175 g/mol. The first-order chi connectivity index (χ1) is 6.18. The van der Waals surface area contributed by atoms with Crippen molar-refractivity contribution in [2.24, 2.45) is 0 Å². The summed E-state index contributed by atoms with van der Waals surface area (Å²) in [5.41, 5.74) is 2.65. The lowest BCUT2D eigenvalue weighted by Crippen LogP contribution is -2.29. The summed E-state index contributed by atoms with van der Waals surface area (Å²) in [4.78, 5) is 3.09. The molecule has 1 heterocycles. The molecule has 0 saturated carbocycles. The van der Waals surface area contributed by atoms with Gasteiger partial charge in [-0.1, -0.05) is 12.1 Å². The quantitative estimate of drug-likeness (QED) is 0.540. The van der Waals surface area contributed by atoms with Gasteiger partial charge in [-0.05, 0) is 24.0 Å². The van der Waals surface area contributed by atoms with E-state index in [1.165, 1.54) is 0 Å². The van der Waals surface area contributed by atoms with Crippen molar-refractivity contribution < 1.29 is 10.0 Å². The second-order valence-corrected chi connectivity index (χ2v) is 3.15. The van der Waals surface area contributed by atoms with Crippen LogP contribution in [-0.2, 0) is 0 Å². The minimum atomic E-state index is -1.39. The lowest BCUT2D eigenvalue weighted by molar-refractivity contribution is 0.426. The highest BCUT2D eigenvalue weighted by Crippen LogP contribution is 2.15. The Bertz CT molecular complexity index is 436. The lowest BCUT2D eigenvalue weighted by Gasteiger charge is -1.99. The summed E-state index contributed by atoms with van der Waals surface area (Å²) in [6.45, 7) is 1.98. The van der Waals surface area contributed by atoms with Crippen LogP contribution in [0.5, 0.6) is 0 Å². The molecule has 0 spiro atoms. The van der Waals surface area contributed by atoms with E-state index in [-0.39, 0.29) is 0 Å². The molecular formula is C9H10BNO2. The molecule has 1 aromatic heterocycles. The summed E-state index contributed by atoms with van der Waals surface area (Å²) < 4.78 is 0. The predicted molar refractivity (Wildman–Crippen MR) is 52.9 cm³/mol. The molecule has 0 radical (unpaired) electrons. The van der Waals surface area contributed by atoms with Gasteiger partial charge in [0.2, 0.25) is 0 Å². The van der Waals surface area contributed by atoms with E-state index in [1.807, 2.05) is 19.2 Å². The SMILES string of the molecule is Cc1c[nH]c2ccc(B(O)O)cc12.